The molecule has 0 radical (unpaired) electrons. The molecule has 5 heteroatoms. The number of hydrogen-bond donors (Lipinski definition) is 1. The largest absolute Gasteiger partial charge is 0.390 e. The summed E-state index contributed by atoms with van der Waals surface area (Å²) in [6.07, 6.45) is 4.61. The Morgan fingerprint density at radius 3 is 2.82 bits per heavy atom. The van der Waals surface area contributed by atoms with Crippen molar-refractivity contribution in [2.75, 3.05) is 38.6 Å². The van der Waals surface area contributed by atoms with E-state index in [9.17, 15) is 0 Å². The molecule has 1 aliphatic rings. The van der Waals surface area contributed by atoms with Gasteiger partial charge < -0.3 is 14.9 Å². The SMILES string of the molecule is CN1CCC(CN(C)c2cnc(CO)cn2)C1. The molecule has 1 fully saturated rings. The highest BCUT2D eigenvalue weighted by Crippen LogP contribution is 2.17. The van der Waals surface area contributed by atoms with Crippen LogP contribution < -0.4 is 4.90 Å². The predicted octanol–water partition coefficient (Wildman–Crippen LogP) is 0.357. The topological polar surface area (TPSA) is 52.5 Å². The first-order valence-electron chi connectivity index (χ1n) is 6.00. The van der Waals surface area contributed by atoms with Gasteiger partial charge in [-0.15, -0.1) is 0 Å². The maximum Gasteiger partial charge on any atom is 0.146 e. The molecule has 1 unspecified atom stereocenters. The lowest BCUT2D eigenvalue weighted by Crippen LogP contribution is -2.28. The molecule has 1 saturated heterocycles. The minimum Gasteiger partial charge on any atom is -0.390 e. The summed E-state index contributed by atoms with van der Waals surface area (Å²) in [7, 11) is 4.21. The summed E-state index contributed by atoms with van der Waals surface area (Å²) < 4.78 is 0. The van der Waals surface area contributed by atoms with Gasteiger partial charge in [-0.25, -0.2) is 4.98 Å². The molecule has 94 valence electrons. The van der Waals surface area contributed by atoms with Gasteiger partial charge in [0.05, 0.1) is 24.7 Å². The van der Waals surface area contributed by atoms with Gasteiger partial charge >= 0.3 is 0 Å². The summed E-state index contributed by atoms with van der Waals surface area (Å²) >= 11 is 0. The van der Waals surface area contributed by atoms with Crippen LogP contribution in [0.1, 0.15) is 12.1 Å². The van der Waals surface area contributed by atoms with Crippen molar-refractivity contribution >= 4 is 5.82 Å². The lowest BCUT2D eigenvalue weighted by molar-refractivity contribution is 0.276. The lowest BCUT2D eigenvalue weighted by Gasteiger charge is -2.21. The van der Waals surface area contributed by atoms with Crippen molar-refractivity contribution in [2.45, 2.75) is 13.0 Å². The van der Waals surface area contributed by atoms with E-state index >= 15 is 0 Å². The summed E-state index contributed by atoms with van der Waals surface area (Å²) in [4.78, 5) is 12.9. The molecule has 5 nitrogen and oxygen atoms in total. The van der Waals surface area contributed by atoms with E-state index in [0.717, 1.165) is 18.9 Å². The zero-order valence-corrected chi connectivity index (χ0v) is 10.5. The summed E-state index contributed by atoms with van der Waals surface area (Å²) in [5.41, 5.74) is 0.614. The summed E-state index contributed by atoms with van der Waals surface area (Å²) in [6.45, 7) is 3.31. The van der Waals surface area contributed by atoms with Gasteiger partial charge in [0.25, 0.3) is 0 Å². The molecule has 1 N–H and O–H groups in total. The first-order valence-corrected chi connectivity index (χ1v) is 6.00. The Bertz CT molecular complexity index is 354. The van der Waals surface area contributed by atoms with Crippen LogP contribution in [0.3, 0.4) is 0 Å². The second-order valence-electron chi connectivity index (χ2n) is 4.82. The molecule has 1 aliphatic heterocycles. The van der Waals surface area contributed by atoms with Crippen molar-refractivity contribution in [3.63, 3.8) is 0 Å². The molecule has 1 aromatic heterocycles. The molecule has 2 rings (SSSR count). The Morgan fingerprint density at radius 1 is 1.47 bits per heavy atom. The Labute approximate surface area is 102 Å². The molecule has 0 spiro atoms. The van der Waals surface area contributed by atoms with Crippen LogP contribution in [0.15, 0.2) is 12.4 Å². The van der Waals surface area contributed by atoms with Gasteiger partial charge in [-0.3, -0.25) is 4.98 Å². The van der Waals surface area contributed by atoms with E-state index in [1.54, 1.807) is 12.4 Å². The third kappa shape index (κ3) is 3.14. The number of aliphatic hydroxyl groups excluding tert-OH is 1. The van der Waals surface area contributed by atoms with Crippen molar-refractivity contribution in [1.29, 1.82) is 0 Å². The van der Waals surface area contributed by atoms with Crippen molar-refractivity contribution < 1.29 is 5.11 Å². The highest BCUT2D eigenvalue weighted by Gasteiger charge is 2.21. The molecule has 1 aromatic rings. The average molecular weight is 236 g/mol. The minimum atomic E-state index is -0.0512. The predicted molar refractivity (Wildman–Crippen MR) is 66.8 cm³/mol. The Morgan fingerprint density at radius 2 is 2.29 bits per heavy atom. The van der Waals surface area contributed by atoms with Crippen LogP contribution in [-0.4, -0.2) is 53.7 Å². The Kier molecular flexibility index (Phi) is 3.91. The highest BCUT2D eigenvalue weighted by molar-refractivity contribution is 5.34. The van der Waals surface area contributed by atoms with Crippen LogP contribution in [0.2, 0.25) is 0 Å². The number of anilines is 1. The average Bonchev–Trinajstić information content (AvgIpc) is 2.75. The number of nitrogens with zero attached hydrogens (tertiary/aromatic N) is 4. The highest BCUT2D eigenvalue weighted by atomic mass is 16.3. The summed E-state index contributed by atoms with van der Waals surface area (Å²) in [5, 5.41) is 8.90. The van der Waals surface area contributed by atoms with Gasteiger partial charge in [-0.1, -0.05) is 0 Å². The molecule has 2 heterocycles. The van der Waals surface area contributed by atoms with E-state index in [4.69, 9.17) is 5.11 Å². The third-order valence-corrected chi connectivity index (χ3v) is 3.27. The molecule has 17 heavy (non-hydrogen) atoms. The first kappa shape index (κ1) is 12.3. The fourth-order valence-electron chi connectivity index (χ4n) is 2.28. The van der Waals surface area contributed by atoms with Crippen LogP contribution in [0.25, 0.3) is 0 Å². The molecule has 0 aliphatic carbocycles. The maximum atomic E-state index is 8.90. The smallest absolute Gasteiger partial charge is 0.146 e. The molecule has 0 amide bonds. The van der Waals surface area contributed by atoms with Crippen LogP contribution in [-0.2, 0) is 6.61 Å². The van der Waals surface area contributed by atoms with Crippen molar-refractivity contribution in [3.8, 4) is 0 Å². The van der Waals surface area contributed by atoms with Crippen molar-refractivity contribution in [3.05, 3.63) is 18.1 Å². The molecule has 0 saturated carbocycles. The summed E-state index contributed by atoms with van der Waals surface area (Å²) in [6, 6.07) is 0. The minimum absolute atomic E-state index is 0.0512. The number of aliphatic hydroxyl groups is 1. The fraction of sp³-hybridized carbons (Fsp3) is 0.667. The normalized spacial score (nSPS) is 20.8. The number of likely N-dealkylation sites (tertiary alicyclic amines) is 1. The second-order valence-corrected chi connectivity index (χ2v) is 4.82. The zero-order valence-electron chi connectivity index (χ0n) is 10.5. The van der Waals surface area contributed by atoms with E-state index < -0.39 is 0 Å². The Hall–Kier alpha value is -1.20. The number of hydrogen-bond acceptors (Lipinski definition) is 5. The third-order valence-electron chi connectivity index (χ3n) is 3.27. The van der Waals surface area contributed by atoms with Crippen LogP contribution in [0.5, 0.6) is 0 Å². The monoisotopic (exact) mass is 236 g/mol. The molecule has 0 bridgehead atoms. The van der Waals surface area contributed by atoms with Gasteiger partial charge in [0.1, 0.15) is 5.82 Å². The zero-order chi connectivity index (χ0) is 12.3. The van der Waals surface area contributed by atoms with E-state index in [2.05, 4.69) is 26.8 Å². The molecular weight excluding hydrogens is 216 g/mol. The van der Waals surface area contributed by atoms with Crippen molar-refractivity contribution in [2.24, 2.45) is 5.92 Å². The van der Waals surface area contributed by atoms with Gasteiger partial charge in [-0.2, -0.15) is 0 Å². The summed E-state index contributed by atoms with van der Waals surface area (Å²) in [5.74, 6) is 1.58. The standard InChI is InChI=1S/C12H20N4O/c1-15-4-3-10(7-15)8-16(2)12-6-13-11(9-17)5-14-12/h5-6,10,17H,3-4,7-9H2,1-2H3. The first-order chi connectivity index (χ1) is 8.19. The Balaban J connectivity index is 1.92. The van der Waals surface area contributed by atoms with E-state index in [1.807, 2.05) is 7.05 Å². The quantitative estimate of drug-likeness (QED) is 0.818. The fourth-order valence-corrected chi connectivity index (χ4v) is 2.28. The van der Waals surface area contributed by atoms with Crippen LogP contribution in [0.4, 0.5) is 5.82 Å². The maximum absolute atomic E-state index is 8.90. The number of rotatable bonds is 4. The van der Waals surface area contributed by atoms with E-state index in [0.29, 0.717) is 11.6 Å². The molecule has 1 atom stereocenters. The van der Waals surface area contributed by atoms with E-state index in [1.165, 1.54) is 13.0 Å². The second kappa shape index (κ2) is 5.42. The number of aromatic nitrogens is 2. The van der Waals surface area contributed by atoms with Gasteiger partial charge in [0.15, 0.2) is 0 Å². The molecular formula is C12H20N4O. The molecule has 0 aromatic carbocycles. The van der Waals surface area contributed by atoms with Crippen LogP contribution >= 0.6 is 0 Å². The van der Waals surface area contributed by atoms with Crippen LogP contribution in [0, 0.1) is 5.92 Å². The van der Waals surface area contributed by atoms with Gasteiger partial charge in [0.2, 0.25) is 0 Å². The van der Waals surface area contributed by atoms with Gasteiger partial charge in [0, 0.05) is 20.1 Å². The van der Waals surface area contributed by atoms with E-state index in [-0.39, 0.29) is 6.61 Å². The van der Waals surface area contributed by atoms with Gasteiger partial charge in [-0.05, 0) is 25.9 Å². The van der Waals surface area contributed by atoms with Crippen molar-refractivity contribution in [1.82, 2.24) is 14.9 Å². The lowest BCUT2D eigenvalue weighted by atomic mass is 10.1.